The molecule has 0 aliphatic heterocycles. The first kappa shape index (κ1) is 16.9. The van der Waals surface area contributed by atoms with Gasteiger partial charge >= 0.3 is 0 Å². The molecule has 2 atom stereocenters. The molecule has 26 heavy (non-hydrogen) atoms. The summed E-state index contributed by atoms with van der Waals surface area (Å²) in [5.41, 5.74) is 1.95. The van der Waals surface area contributed by atoms with Crippen molar-refractivity contribution >= 4 is 17.1 Å². The molecule has 2 heterocycles. The van der Waals surface area contributed by atoms with E-state index in [-0.39, 0.29) is 12.1 Å². The molecule has 1 aliphatic rings. The molecule has 136 valence electrons. The van der Waals surface area contributed by atoms with Gasteiger partial charge in [0.1, 0.15) is 0 Å². The zero-order chi connectivity index (χ0) is 18.3. The van der Waals surface area contributed by atoms with Gasteiger partial charge in [0.15, 0.2) is 11.2 Å². The first-order valence-corrected chi connectivity index (χ1v) is 8.76. The van der Waals surface area contributed by atoms with Crippen LogP contribution in [-0.4, -0.2) is 47.3 Å². The lowest BCUT2D eigenvalue weighted by molar-refractivity contribution is 0.0786. The van der Waals surface area contributed by atoms with E-state index in [4.69, 9.17) is 0 Å². The molecule has 1 aromatic carbocycles. The highest BCUT2D eigenvalue weighted by Gasteiger charge is 2.23. The Hall–Kier alpha value is -2.58. The number of nitrogens with zero attached hydrogens (tertiary/aromatic N) is 5. The van der Waals surface area contributed by atoms with Crippen molar-refractivity contribution in [2.45, 2.75) is 50.9 Å². The first-order chi connectivity index (χ1) is 12.4. The number of hydrogen-bond acceptors (Lipinski definition) is 7. The van der Waals surface area contributed by atoms with Crippen molar-refractivity contribution < 1.29 is 10.2 Å². The second-order valence-corrected chi connectivity index (χ2v) is 7.32. The highest BCUT2D eigenvalue weighted by Crippen LogP contribution is 2.24. The Balaban J connectivity index is 1.64. The van der Waals surface area contributed by atoms with Gasteiger partial charge in [-0.15, -0.1) is 5.10 Å². The van der Waals surface area contributed by atoms with Crippen molar-refractivity contribution in [3.05, 3.63) is 36.0 Å². The van der Waals surface area contributed by atoms with Crippen LogP contribution in [0.2, 0.25) is 0 Å². The van der Waals surface area contributed by atoms with Crippen molar-refractivity contribution in [2.24, 2.45) is 0 Å². The second kappa shape index (κ2) is 6.30. The molecule has 2 aromatic heterocycles. The Bertz CT molecular complexity index is 916. The molecule has 0 amide bonds. The normalized spacial score (nSPS) is 20.6. The lowest BCUT2D eigenvalue weighted by Gasteiger charge is -2.17. The van der Waals surface area contributed by atoms with E-state index in [1.54, 1.807) is 24.7 Å². The fourth-order valence-electron chi connectivity index (χ4n) is 3.25. The minimum Gasteiger partial charge on any atom is -0.393 e. The van der Waals surface area contributed by atoms with Crippen LogP contribution >= 0.6 is 0 Å². The fraction of sp³-hybridized carbons (Fsp3) is 0.444. The number of nitrogens with one attached hydrogen (secondary N) is 1. The van der Waals surface area contributed by atoms with Gasteiger partial charge in [0.2, 0.25) is 5.95 Å². The zero-order valence-electron chi connectivity index (χ0n) is 14.8. The highest BCUT2D eigenvalue weighted by molar-refractivity contribution is 5.72. The molecule has 3 N–H and O–H groups in total. The number of benzene rings is 1. The quantitative estimate of drug-likeness (QED) is 0.655. The van der Waals surface area contributed by atoms with Crippen LogP contribution < -0.4 is 5.32 Å². The number of aliphatic hydroxyl groups is 2. The number of rotatable bonds is 4. The Labute approximate surface area is 150 Å². The SMILES string of the molecule is CC(C)(O)c1ccc(-n2nnc3cnc(NC4CCC(O)C4)nc32)cc1. The van der Waals surface area contributed by atoms with E-state index < -0.39 is 5.60 Å². The van der Waals surface area contributed by atoms with E-state index in [0.29, 0.717) is 23.5 Å². The summed E-state index contributed by atoms with van der Waals surface area (Å²) in [5, 5.41) is 31.3. The van der Waals surface area contributed by atoms with Crippen LogP contribution in [0.1, 0.15) is 38.7 Å². The summed E-state index contributed by atoms with van der Waals surface area (Å²) in [5.74, 6) is 0.508. The van der Waals surface area contributed by atoms with Crippen LogP contribution in [0.3, 0.4) is 0 Å². The number of aromatic nitrogens is 5. The Morgan fingerprint density at radius 3 is 2.62 bits per heavy atom. The van der Waals surface area contributed by atoms with Crippen LogP contribution in [0.25, 0.3) is 16.9 Å². The summed E-state index contributed by atoms with van der Waals surface area (Å²) in [6, 6.07) is 7.66. The highest BCUT2D eigenvalue weighted by atomic mass is 16.3. The summed E-state index contributed by atoms with van der Waals surface area (Å²) < 4.78 is 1.65. The van der Waals surface area contributed by atoms with E-state index in [9.17, 15) is 10.2 Å². The lowest BCUT2D eigenvalue weighted by atomic mass is 9.98. The van der Waals surface area contributed by atoms with Gasteiger partial charge in [0, 0.05) is 6.04 Å². The Morgan fingerprint density at radius 1 is 1.19 bits per heavy atom. The standard InChI is InChI=1S/C18H22N6O2/c1-18(2,26)11-3-6-13(7-4-11)24-16-15(22-23-24)10-19-17(21-16)20-12-5-8-14(25)9-12/h3-4,6-7,10,12,14,25-26H,5,8-9H2,1-2H3,(H,19,20,21). The van der Waals surface area contributed by atoms with E-state index in [2.05, 4.69) is 25.6 Å². The van der Waals surface area contributed by atoms with Gasteiger partial charge in [0.25, 0.3) is 0 Å². The van der Waals surface area contributed by atoms with Gasteiger partial charge in [-0.1, -0.05) is 17.3 Å². The van der Waals surface area contributed by atoms with Crippen molar-refractivity contribution in [1.29, 1.82) is 0 Å². The molecule has 4 rings (SSSR count). The average molecular weight is 354 g/mol. The Kier molecular flexibility index (Phi) is 4.08. The third-order valence-electron chi connectivity index (χ3n) is 4.75. The maximum Gasteiger partial charge on any atom is 0.225 e. The molecular weight excluding hydrogens is 332 g/mol. The van der Waals surface area contributed by atoms with E-state index in [1.165, 1.54) is 0 Å². The molecule has 8 nitrogen and oxygen atoms in total. The van der Waals surface area contributed by atoms with Crippen LogP contribution in [-0.2, 0) is 5.60 Å². The molecule has 0 radical (unpaired) electrons. The minimum atomic E-state index is -0.895. The van der Waals surface area contributed by atoms with Crippen molar-refractivity contribution in [1.82, 2.24) is 25.0 Å². The van der Waals surface area contributed by atoms with Gasteiger partial charge in [-0.3, -0.25) is 0 Å². The van der Waals surface area contributed by atoms with Gasteiger partial charge in [-0.05, 0) is 50.8 Å². The molecule has 2 unspecified atom stereocenters. The molecule has 3 aromatic rings. The maximum atomic E-state index is 10.1. The zero-order valence-corrected chi connectivity index (χ0v) is 14.8. The predicted octanol–water partition coefficient (Wildman–Crippen LogP) is 1.76. The van der Waals surface area contributed by atoms with E-state index in [0.717, 1.165) is 24.1 Å². The molecule has 0 spiro atoms. The number of hydrogen-bond donors (Lipinski definition) is 3. The number of fused-ring (bicyclic) bond motifs is 1. The molecule has 1 saturated carbocycles. The summed E-state index contributed by atoms with van der Waals surface area (Å²) in [4.78, 5) is 8.85. The van der Waals surface area contributed by atoms with Crippen molar-refractivity contribution in [2.75, 3.05) is 5.32 Å². The smallest absolute Gasteiger partial charge is 0.225 e. The van der Waals surface area contributed by atoms with Gasteiger partial charge in [-0.2, -0.15) is 9.67 Å². The number of aliphatic hydroxyl groups excluding tert-OH is 1. The summed E-state index contributed by atoms with van der Waals surface area (Å²) in [6.07, 6.45) is 3.80. The van der Waals surface area contributed by atoms with Gasteiger partial charge in [0.05, 0.1) is 23.6 Å². The minimum absolute atomic E-state index is 0.179. The molecule has 1 aliphatic carbocycles. The second-order valence-electron chi connectivity index (χ2n) is 7.32. The molecule has 0 saturated heterocycles. The third-order valence-corrected chi connectivity index (χ3v) is 4.75. The number of anilines is 1. The van der Waals surface area contributed by atoms with Crippen LogP contribution in [0, 0.1) is 0 Å². The molecule has 1 fully saturated rings. The average Bonchev–Trinajstić information content (AvgIpc) is 3.20. The van der Waals surface area contributed by atoms with Crippen LogP contribution in [0.15, 0.2) is 30.5 Å². The van der Waals surface area contributed by atoms with Crippen molar-refractivity contribution in [3.8, 4) is 5.69 Å². The first-order valence-electron chi connectivity index (χ1n) is 8.76. The van der Waals surface area contributed by atoms with Crippen LogP contribution in [0.5, 0.6) is 0 Å². The van der Waals surface area contributed by atoms with E-state index >= 15 is 0 Å². The van der Waals surface area contributed by atoms with Crippen molar-refractivity contribution in [3.63, 3.8) is 0 Å². The molecular formula is C18H22N6O2. The molecule has 0 bridgehead atoms. The topological polar surface area (TPSA) is 109 Å². The van der Waals surface area contributed by atoms with E-state index in [1.807, 2.05) is 24.3 Å². The van der Waals surface area contributed by atoms with Gasteiger partial charge < -0.3 is 15.5 Å². The molecule has 8 heteroatoms. The lowest BCUT2D eigenvalue weighted by Crippen LogP contribution is -2.18. The summed E-state index contributed by atoms with van der Waals surface area (Å²) in [6.45, 7) is 3.50. The largest absolute Gasteiger partial charge is 0.393 e. The van der Waals surface area contributed by atoms with Gasteiger partial charge in [-0.25, -0.2) is 4.98 Å². The fourth-order valence-corrected chi connectivity index (χ4v) is 3.25. The summed E-state index contributed by atoms with van der Waals surface area (Å²) >= 11 is 0. The maximum absolute atomic E-state index is 10.1. The third kappa shape index (κ3) is 3.25. The Morgan fingerprint density at radius 2 is 1.96 bits per heavy atom. The summed E-state index contributed by atoms with van der Waals surface area (Å²) in [7, 11) is 0. The van der Waals surface area contributed by atoms with Crippen LogP contribution in [0.4, 0.5) is 5.95 Å². The predicted molar refractivity (Wildman–Crippen MR) is 97.0 cm³/mol. The monoisotopic (exact) mass is 354 g/mol.